The molecule has 0 saturated carbocycles. The van der Waals surface area contributed by atoms with Crippen LogP contribution in [0.2, 0.25) is 0 Å². The van der Waals surface area contributed by atoms with Crippen molar-refractivity contribution in [2.45, 2.75) is 0 Å². The van der Waals surface area contributed by atoms with Crippen molar-refractivity contribution in [2.75, 3.05) is 24.3 Å². The van der Waals surface area contributed by atoms with Gasteiger partial charge in [-0.2, -0.15) is 5.10 Å². The second-order valence-corrected chi connectivity index (χ2v) is 6.72. The monoisotopic (exact) mass is 404 g/mol. The number of carbonyl (C=O) groups excluding carboxylic acids is 2. The first-order chi connectivity index (χ1) is 14.4. The van der Waals surface area contributed by atoms with Crippen LogP contribution >= 0.6 is 0 Å². The Morgan fingerprint density at radius 2 is 1.40 bits per heavy atom. The topological polar surface area (TPSA) is 73.8 Å². The molecule has 0 aliphatic carbocycles. The Hall–Kier alpha value is -4.00. The average molecular weight is 404 g/mol. The lowest BCUT2D eigenvalue weighted by Gasteiger charge is -2.11. The second-order valence-electron chi connectivity index (χ2n) is 6.72. The summed E-state index contributed by atoms with van der Waals surface area (Å²) in [4.78, 5) is 26.3. The zero-order valence-corrected chi connectivity index (χ0v) is 16.6. The molecule has 3 rings (SSSR count). The van der Waals surface area contributed by atoms with E-state index in [-0.39, 0.29) is 11.8 Å². The van der Waals surface area contributed by atoms with Gasteiger partial charge in [-0.1, -0.05) is 12.1 Å². The van der Waals surface area contributed by atoms with Crippen molar-refractivity contribution in [1.82, 2.24) is 5.43 Å². The van der Waals surface area contributed by atoms with Gasteiger partial charge in [0.2, 0.25) is 0 Å². The molecule has 6 nitrogen and oxygen atoms in total. The van der Waals surface area contributed by atoms with E-state index < -0.39 is 5.82 Å². The Morgan fingerprint density at radius 3 is 2.00 bits per heavy atom. The number of rotatable bonds is 6. The normalized spacial score (nSPS) is 10.6. The van der Waals surface area contributed by atoms with E-state index in [9.17, 15) is 14.0 Å². The van der Waals surface area contributed by atoms with Gasteiger partial charge in [0.1, 0.15) is 5.82 Å². The second kappa shape index (κ2) is 9.47. The van der Waals surface area contributed by atoms with Gasteiger partial charge in [0.25, 0.3) is 11.8 Å². The Bertz CT molecular complexity index is 1040. The third-order valence-corrected chi connectivity index (χ3v) is 4.30. The van der Waals surface area contributed by atoms with E-state index in [1.54, 1.807) is 30.5 Å². The molecule has 0 spiro atoms. The van der Waals surface area contributed by atoms with Crippen molar-refractivity contribution in [1.29, 1.82) is 0 Å². The van der Waals surface area contributed by atoms with E-state index in [1.807, 2.05) is 43.3 Å². The van der Waals surface area contributed by atoms with Gasteiger partial charge in [0, 0.05) is 36.6 Å². The molecular formula is C23H21FN4O2. The number of hydrogen-bond acceptors (Lipinski definition) is 4. The first-order valence-corrected chi connectivity index (χ1v) is 9.20. The third-order valence-electron chi connectivity index (χ3n) is 4.30. The third kappa shape index (κ3) is 5.51. The number of carbonyl (C=O) groups is 2. The summed E-state index contributed by atoms with van der Waals surface area (Å²) in [6, 6.07) is 19.4. The number of hydrazone groups is 1. The lowest BCUT2D eigenvalue weighted by Crippen LogP contribution is -2.18. The molecule has 2 amide bonds. The minimum atomic E-state index is -0.407. The fraction of sp³-hybridized carbons (Fsp3) is 0.0870. The average Bonchev–Trinajstić information content (AvgIpc) is 2.75. The quantitative estimate of drug-likeness (QED) is 0.483. The van der Waals surface area contributed by atoms with Crippen molar-refractivity contribution in [3.05, 3.63) is 95.3 Å². The zero-order chi connectivity index (χ0) is 21.5. The molecule has 0 fully saturated rings. The Labute approximate surface area is 174 Å². The van der Waals surface area contributed by atoms with Crippen molar-refractivity contribution in [2.24, 2.45) is 5.10 Å². The SMILES string of the molecule is CN(C)c1ccc(/C=N/NC(=O)c2ccc(NC(=O)c3ccc(F)cc3)cc2)cc1. The molecule has 3 aromatic rings. The van der Waals surface area contributed by atoms with Gasteiger partial charge in [-0.25, -0.2) is 9.82 Å². The lowest BCUT2D eigenvalue weighted by atomic mass is 10.1. The first-order valence-electron chi connectivity index (χ1n) is 9.20. The van der Waals surface area contributed by atoms with Crippen LogP contribution in [0.15, 0.2) is 77.9 Å². The molecule has 0 heterocycles. The summed E-state index contributed by atoms with van der Waals surface area (Å²) in [5.41, 5.74) is 5.66. The standard InChI is InChI=1S/C23H21FN4O2/c1-28(2)21-13-3-16(4-14-21)15-25-27-23(30)18-7-11-20(12-8-18)26-22(29)17-5-9-19(24)10-6-17/h3-15H,1-2H3,(H,26,29)(H,27,30)/b25-15+. The fourth-order valence-electron chi connectivity index (χ4n) is 2.60. The van der Waals surface area contributed by atoms with Crippen LogP contribution in [0.5, 0.6) is 0 Å². The molecule has 0 aromatic heterocycles. The minimum absolute atomic E-state index is 0.339. The lowest BCUT2D eigenvalue weighted by molar-refractivity contribution is 0.0954. The summed E-state index contributed by atoms with van der Waals surface area (Å²) in [6.07, 6.45) is 1.56. The maximum absolute atomic E-state index is 12.9. The van der Waals surface area contributed by atoms with E-state index in [4.69, 9.17) is 0 Å². The molecule has 0 saturated heterocycles. The highest BCUT2D eigenvalue weighted by Crippen LogP contribution is 2.13. The van der Waals surface area contributed by atoms with Crippen molar-refractivity contribution in [3.8, 4) is 0 Å². The molecule has 0 atom stereocenters. The number of hydrogen-bond donors (Lipinski definition) is 2. The highest BCUT2D eigenvalue weighted by Gasteiger charge is 2.08. The number of nitrogens with one attached hydrogen (secondary N) is 2. The molecule has 152 valence electrons. The van der Waals surface area contributed by atoms with E-state index in [0.29, 0.717) is 16.8 Å². The van der Waals surface area contributed by atoms with Gasteiger partial charge >= 0.3 is 0 Å². The highest BCUT2D eigenvalue weighted by atomic mass is 19.1. The van der Waals surface area contributed by atoms with E-state index in [1.165, 1.54) is 24.3 Å². The van der Waals surface area contributed by atoms with Crippen LogP contribution in [-0.2, 0) is 0 Å². The van der Waals surface area contributed by atoms with Crippen LogP contribution in [0.25, 0.3) is 0 Å². The molecule has 7 heteroatoms. The smallest absolute Gasteiger partial charge is 0.271 e. The fourth-order valence-corrected chi connectivity index (χ4v) is 2.60. The van der Waals surface area contributed by atoms with Crippen molar-refractivity contribution in [3.63, 3.8) is 0 Å². The molecule has 0 aliphatic heterocycles. The summed E-state index contributed by atoms with van der Waals surface area (Å²) in [5, 5.41) is 6.67. The highest BCUT2D eigenvalue weighted by molar-refractivity contribution is 6.04. The van der Waals surface area contributed by atoms with Gasteiger partial charge in [-0.3, -0.25) is 9.59 Å². The van der Waals surface area contributed by atoms with E-state index >= 15 is 0 Å². The van der Waals surface area contributed by atoms with Crippen LogP contribution < -0.4 is 15.6 Å². The minimum Gasteiger partial charge on any atom is -0.378 e. The number of halogens is 1. The summed E-state index contributed by atoms with van der Waals surface area (Å²) in [6.45, 7) is 0. The first kappa shape index (κ1) is 20.7. The number of nitrogens with zero attached hydrogens (tertiary/aromatic N) is 2. The van der Waals surface area contributed by atoms with Crippen molar-refractivity contribution < 1.29 is 14.0 Å². The number of amides is 2. The van der Waals surface area contributed by atoms with Crippen LogP contribution in [0.1, 0.15) is 26.3 Å². The van der Waals surface area contributed by atoms with Crippen LogP contribution in [-0.4, -0.2) is 32.1 Å². The predicted octanol–water partition coefficient (Wildman–Crippen LogP) is 3.91. The van der Waals surface area contributed by atoms with Gasteiger partial charge in [0.15, 0.2) is 0 Å². The Balaban J connectivity index is 1.55. The Kier molecular flexibility index (Phi) is 6.54. The predicted molar refractivity (Wildman–Crippen MR) is 117 cm³/mol. The maximum atomic E-state index is 12.9. The maximum Gasteiger partial charge on any atom is 0.271 e. The summed E-state index contributed by atoms with van der Waals surface area (Å²) in [7, 11) is 3.92. The molecule has 0 aliphatic rings. The Morgan fingerprint density at radius 1 is 0.833 bits per heavy atom. The van der Waals surface area contributed by atoms with Gasteiger partial charge in [0.05, 0.1) is 6.21 Å². The number of anilines is 2. The molecule has 0 unspecified atom stereocenters. The zero-order valence-electron chi connectivity index (χ0n) is 16.6. The summed E-state index contributed by atoms with van der Waals surface area (Å²) >= 11 is 0. The molecule has 0 bridgehead atoms. The van der Waals surface area contributed by atoms with Gasteiger partial charge < -0.3 is 10.2 Å². The van der Waals surface area contributed by atoms with Crippen LogP contribution in [0, 0.1) is 5.82 Å². The van der Waals surface area contributed by atoms with E-state index in [2.05, 4.69) is 15.8 Å². The van der Waals surface area contributed by atoms with Crippen LogP contribution in [0.3, 0.4) is 0 Å². The molecule has 2 N–H and O–H groups in total. The largest absolute Gasteiger partial charge is 0.378 e. The molecule has 30 heavy (non-hydrogen) atoms. The molecule has 0 radical (unpaired) electrons. The summed E-state index contributed by atoms with van der Waals surface area (Å²) in [5.74, 6) is -1.14. The molecule has 3 aromatic carbocycles. The van der Waals surface area contributed by atoms with Crippen LogP contribution in [0.4, 0.5) is 15.8 Å². The number of benzene rings is 3. The van der Waals surface area contributed by atoms with E-state index in [0.717, 1.165) is 11.3 Å². The molecular weight excluding hydrogens is 383 g/mol. The summed E-state index contributed by atoms with van der Waals surface area (Å²) < 4.78 is 12.9. The van der Waals surface area contributed by atoms with Crippen molar-refractivity contribution >= 4 is 29.4 Å². The van der Waals surface area contributed by atoms with Gasteiger partial charge in [-0.15, -0.1) is 0 Å². The van der Waals surface area contributed by atoms with Gasteiger partial charge in [-0.05, 0) is 66.2 Å².